The predicted molar refractivity (Wildman–Crippen MR) is 92.0 cm³/mol. The van der Waals surface area contributed by atoms with Gasteiger partial charge in [-0.3, -0.25) is 0 Å². The first-order valence-corrected chi connectivity index (χ1v) is 8.00. The smallest absolute Gasteiger partial charge is 0.422 e. The van der Waals surface area contributed by atoms with Gasteiger partial charge in [0, 0.05) is 6.07 Å². The van der Waals surface area contributed by atoms with Crippen LogP contribution in [0.25, 0.3) is 0 Å². The lowest BCUT2D eigenvalue weighted by molar-refractivity contribution is -0.894. The zero-order valence-corrected chi connectivity index (χ0v) is 15.0. The summed E-state index contributed by atoms with van der Waals surface area (Å²) in [7, 11) is 0. The molecule has 0 aliphatic heterocycles. The molecular weight excluding hydrogens is 347 g/mol. The molecule has 2 N–H and O–H groups in total. The molecule has 0 aromatic carbocycles. The van der Waals surface area contributed by atoms with E-state index < -0.39 is 12.8 Å². The summed E-state index contributed by atoms with van der Waals surface area (Å²) in [6.07, 6.45) is -3.09. The Morgan fingerprint density at radius 3 is 2.13 bits per heavy atom. The van der Waals surface area contributed by atoms with Crippen LogP contribution in [-0.4, -0.2) is 41.7 Å². The van der Waals surface area contributed by atoms with E-state index in [4.69, 9.17) is 0 Å². The molecular formula is C14H22F3N3OS2. The van der Waals surface area contributed by atoms with Crippen molar-refractivity contribution in [3.8, 4) is 5.88 Å². The van der Waals surface area contributed by atoms with Gasteiger partial charge in [0.25, 0.3) is 0 Å². The Balaban J connectivity index is 0.000000585. The standard InChI is InChI=1S/C8H7F3N2OS2.C6H15N/c9-8(10,11)4-14-6-2-1-5(3-12-6)13-7(15)16;1-4-7(5-2)6-3/h1-3H,4H2,(H2,13,15,16);4-6H2,1-3H3. The first-order chi connectivity index (χ1) is 10.7. The Kier molecular flexibility index (Phi) is 10.8. The van der Waals surface area contributed by atoms with Gasteiger partial charge in [-0.15, -0.1) is 0 Å². The third-order valence-electron chi connectivity index (χ3n) is 2.87. The summed E-state index contributed by atoms with van der Waals surface area (Å²) in [5, 5.41) is 2.61. The van der Waals surface area contributed by atoms with Crippen LogP contribution in [0.15, 0.2) is 18.3 Å². The number of anilines is 1. The van der Waals surface area contributed by atoms with Crippen molar-refractivity contribution in [3.05, 3.63) is 18.3 Å². The molecule has 0 saturated carbocycles. The molecule has 0 spiro atoms. The van der Waals surface area contributed by atoms with Gasteiger partial charge >= 0.3 is 6.18 Å². The van der Waals surface area contributed by atoms with E-state index in [1.807, 2.05) is 0 Å². The zero-order chi connectivity index (χ0) is 17.9. The van der Waals surface area contributed by atoms with Crippen LogP contribution in [0, 0.1) is 0 Å². The molecule has 0 saturated heterocycles. The van der Waals surface area contributed by atoms with Gasteiger partial charge in [-0.25, -0.2) is 4.98 Å². The van der Waals surface area contributed by atoms with Gasteiger partial charge in [0.2, 0.25) is 5.88 Å². The summed E-state index contributed by atoms with van der Waals surface area (Å²) >= 11 is 9.21. The molecule has 0 unspecified atom stereocenters. The van der Waals surface area contributed by atoms with Crippen molar-refractivity contribution in [2.24, 2.45) is 0 Å². The third kappa shape index (κ3) is 12.0. The highest BCUT2D eigenvalue weighted by Gasteiger charge is 2.28. The fraction of sp³-hybridized carbons (Fsp3) is 0.571. The van der Waals surface area contributed by atoms with Gasteiger partial charge in [0.1, 0.15) is 0 Å². The predicted octanol–water partition coefficient (Wildman–Crippen LogP) is 2.20. The van der Waals surface area contributed by atoms with Gasteiger partial charge in [-0.1, -0.05) is 4.32 Å². The van der Waals surface area contributed by atoms with E-state index in [1.165, 1.54) is 38.0 Å². The number of aromatic nitrogens is 1. The molecule has 4 nitrogen and oxygen atoms in total. The van der Waals surface area contributed by atoms with Gasteiger partial charge in [0.05, 0.1) is 31.5 Å². The molecule has 9 heteroatoms. The number of hydrogen-bond acceptors (Lipinski definition) is 4. The number of ether oxygens (including phenoxy) is 1. The lowest BCUT2D eigenvalue weighted by Crippen LogP contribution is -3.11. The van der Waals surface area contributed by atoms with E-state index in [0.717, 1.165) is 0 Å². The lowest BCUT2D eigenvalue weighted by Gasteiger charge is -2.11. The van der Waals surface area contributed by atoms with Gasteiger partial charge in [-0.2, -0.15) is 13.2 Å². The zero-order valence-electron chi connectivity index (χ0n) is 13.4. The summed E-state index contributed by atoms with van der Waals surface area (Å²) in [6, 6.07) is 2.76. The first kappa shape index (κ1) is 21.8. The van der Waals surface area contributed by atoms with Crippen LogP contribution in [0.1, 0.15) is 20.8 Å². The minimum absolute atomic E-state index is 0.113. The molecule has 1 rings (SSSR count). The summed E-state index contributed by atoms with van der Waals surface area (Å²) in [4.78, 5) is 5.32. The van der Waals surface area contributed by atoms with Crippen molar-refractivity contribution in [2.75, 3.05) is 31.6 Å². The highest BCUT2D eigenvalue weighted by molar-refractivity contribution is 8.00. The van der Waals surface area contributed by atoms with Crippen molar-refractivity contribution in [3.63, 3.8) is 0 Å². The minimum Gasteiger partial charge on any atom is -0.468 e. The molecule has 1 heterocycles. The Hall–Kier alpha value is -1.19. The van der Waals surface area contributed by atoms with Crippen LogP contribution in [0.4, 0.5) is 18.9 Å². The van der Waals surface area contributed by atoms with Crippen molar-refractivity contribution in [2.45, 2.75) is 26.9 Å². The molecule has 0 aliphatic rings. The number of hydrogen-bond donors (Lipinski definition) is 2. The fourth-order valence-electron chi connectivity index (χ4n) is 1.56. The van der Waals surface area contributed by atoms with E-state index >= 15 is 0 Å². The topological polar surface area (TPSA) is 38.6 Å². The maximum atomic E-state index is 11.8. The summed E-state index contributed by atoms with van der Waals surface area (Å²) < 4.78 is 39.9. The molecule has 0 fully saturated rings. The van der Waals surface area contributed by atoms with Crippen LogP contribution in [-0.2, 0) is 12.6 Å². The second-order valence-corrected chi connectivity index (χ2v) is 5.59. The van der Waals surface area contributed by atoms with E-state index in [9.17, 15) is 13.2 Å². The largest absolute Gasteiger partial charge is 0.468 e. The number of nitrogens with zero attached hydrogens (tertiary/aromatic N) is 1. The SMILES string of the molecule is CC[NH+](CC)CC.FC(F)(F)COc1ccc(NC(=S)[S-])cn1. The second kappa shape index (κ2) is 11.4. The quantitative estimate of drug-likeness (QED) is 0.594. The number of pyridine rings is 1. The molecule has 0 radical (unpaired) electrons. The van der Waals surface area contributed by atoms with E-state index in [2.05, 4.69) is 60.7 Å². The Labute approximate surface area is 145 Å². The highest BCUT2D eigenvalue weighted by atomic mass is 32.1. The number of halogens is 3. The molecule has 0 bridgehead atoms. The monoisotopic (exact) mass is 369 g/mol. The third-order valence-corrected chi connectivity index (χ3v) is 3.07. The fourth-order valence-corrected chi connectivity index (χ4v) is 1.80. The molecule has 0 amide bonds. The summed E-state index contributed by atoms with van der Waals surface area (Å²) in [5.41, 5.74) is 0.499. The summed E-state index contributed by atoms with van der Waals surface area (Å²) in [6.45, 7) is 9.12. The summed E-state index contributed by atoms with van der Waals surface area (Å²) in [5.74, 6) is -0.113. The average molecular weight is 369 g/mol. The van der Waals surface area contributed by atoms with Crippen LogP contribution >= 0.6 is 12.2 Å². The number of nitrogens with one attached hydrogen (secondary N) is 2. The van der Waals surface area contributed by atoms with Crippen LogP contribution in [0.5, 0.6) is 5.88 Å². The van der Waals surface area contributed by atoms with E-state index in [0.29, 0.717) is 5.69 Å². The Morgan fingerprint density at radius 2 is 1.83 bits per heavy atom. The van der Waals surface area contributed by atoms with Crippen LogP contribution in [0.2, 0.25) is 0 Å². The van der Waals surface area contributed by atoms with Gasteiger partial charge in [0.15, 0.2) is 6.61 Å². The number of quaternary nitrogens is 1. The number of alkyl halides is 3. The highest BCUT2D eigenvalue weighted by Crippen LogP contribution is 2.17. The average Bonchev–Trinajstić information content (AvgIpc) is 2.48. The van der Waals surface area contributed by atoms with Gasteiger partial charge < -0.3 is 39.8 Å². The maximum absolute atomic E-state index is 11.8. The second-order valence-electron chi connectivity index (χ2n) is 4.51. The van der Waals surface area contributed by atoms with E-state index in [-0.39, 0.29) is 10.2 Å². The Bertz CT molecular complexity index is 446. The van der Waals surface area contributed by atoms with E-state index in [1.54, 1.807) is 4.90 Å². The van der Waals surface area contributed by atoms with Crippen LogP contribution < -0.4 is 15.0 Å². The molecule has 0 aliphatic carbocycles. The van der Waals surface area contributed by atoms with Gasteiger partial charge in [-0.05, 0) is 26.8 Å². The van der Waals surface area contributed by atoms with Crippen molar-refractivity contribution in [1.82, 2.24) is 4.98 Å². The van der Waals surface area contributed by atoms with Crippen molar-refractivity contribution >= 4 is 34.9 Å². The molecule has 23 heavy (non-hydrogen) atoms. The molecule has 0 atom stereocenters. The molecule has 132 valence electrons. The lowest BCUT2D eigenvalue weighted by atomic mass is 10.4. The minimum atomic E-state index is -4.37. The Morgan fingerprint density at radius 1 is 1.26 bits per heavy atom. The van der Waals surface area contributed by atoms with Crippen molar-refractivity contribution in [1.29, 1.82) is 0 Å². The molecule has 1 aromatic heterocycles. The normalized spacial score (nSPS) is 10.7. The first-order valence-electron chi connectivity index (χ1n) is 7.18. The number of rotatable bonds is 6. The number of thiocarbonyl (C=S) groups is 1. The molecule has 1 aromatic rings. The van der Waals surface area contributed by atoms with Crippen LogP contribution in [0.3, 0.4) is 0 Å². The maximum Gasteiger partial charge on any atom is 0.422 e. The van der Waals surface area contributed by atoms with Crippen molar-refractivity contribution < 1.29 is 22.8 Å².